The monoisotopic (exact) mass is 449 g/mol. The first-order valence-electron chi connectivity index (χ1n) is 10.4. The van der Waals surface area contributed by atoms with Crippen LogP contribution in [0.15, 0.2) is 36.7 Å². The Labute approximate surface area is 190 Å². The minimum atomic E-state index is -1.66. The summed E-state index contributed by atoms with van der Waals surface area (Å²) < 4.78 is 15.7. The lowest BCUT2D eigenvalue weighted by atomic mass is 10.0. The standard InChI is InChI=1S/C23H24FN7O2/c1-4-15(10-26)30-18-8-19(20-6-5-16-7-14(9-25)11-29-31(16)20)27-12-17(18)22(32)28-13-21(24)23(2,3)33/h5-8,11-12,15,21,33H,4,13H2,1-3H3,(H,27,30)(H,28,32). The van der Waals surface area contributed by atoms with Gasteiger partial charge in [-0.25, -0.2) is 8.91 Å². The Morgan fingerprint density at radius 3 is 2.70 bits per heavy atom. The van der Waals surface area contributed by atoms with Gasteiger partial charge in [-0.15, -0.1) is 0 Å². The molecule has 0 radical (unpaired) electrons. The topological polar surface area (TPSA) is 139 Å². The summed E-state index contributed by atoms with van der Waals surface area (Å²) in [4.78, 5) is 17.1. The van der Waals surface area contributed by atoms with Gasteiger partial charge in [0.05, 0.1) is 58.1 Å². The predicted octanol–water partition coefficient (Wildman–Crippen LogP) is 2.82. The number of nitrogens with zero attached hydrogens (tertiary/aromatic N) is 5. The van der Waals surface area contributed by atoms with Crippen molar-refractivity contribution in [2.75, 3.05) is 11.9 Å². The highest BCUT2D eigenvalue weighted by Gasteiger charge is 2.27. The van der Waals surface area contributed by atoms with Gasteiger partial charge in [-0.2, -0.15) is 15.6 Å². The zero-order valence-electron chi connectivity index (χ0n) is 18.5. The fourth-order valence-electron chi connectivity index (χ4n) is 3.09. The van der Waals surface area contributed by atoms with Gasteiger partial charge < -0.3 is 15.7 Å². The van der Waals surface area contributed by atoms with Crippen LogP contribution in [-0.4, -0.2) is 50.0 Å². The van der Waals surface area contributed by atoms with Gasteiger partial charge in [-0.1, -0.05) is 6.92 Å². The van der Waals surface area contributed by atoms with Crippen molar-refractivity contribution in [1.82, 2.24) is 19.9 Å². The average Bonchev–Trinajstić information content (AvgIpc) is 3.23. The molecule has 3 aromatic rings. The molecular weight excluding hydrogens is 425 g/mol. The highest BCUT2D eigenvalue weighted by molar-refractivity contribution is 6.00. The SMILES string of the molecule is CCC(C#N)Nc1cc(-c2ccc3cc(C#N)cnn23)ncc1C(=O)NCC(F)C(C)(C)O. The second-order valence-electron chi connectivity index (χ2n) is 8.09. The summed E-state index contributed by atoms with van der Waals surface area (Å²) in [6.07, 6.45) is 1.62. The van der Waals surface area contributed by atoms with Crippen molar-refractivity contribution < 1.29 is 14.3 Å². The molecular formula is C23H24FN7O2. The summed E-state index contributed by atoms with van der Waals surface area (Å²) in [6.45, 7) is 4.09. The maximum atomic E-state index is 14.1. The number of fused-ring (bicyclic) bond motifs is 1. The van der Waals surface area contributed by atoms with Gasteiger partial charge in [0.15, 0.2) is 0 Å². The van der Waals surface area contributed by atoms with E-state index in [0.717, 1.165) is 0 Å². The Morgan fingerprint density at radius 2 is 2.06 bits per heavy atom. The molecule has 1 amide bonds. The van der Waals surface area contributed by atoms with E-state index in [9.17, 15) is 19.6 Å². The molecule has 9 nitrogen and oxygen atoms in total. The molecule has 0 aliphatic carbocycles. The number of nitriles is 2. The number of halogens is 1. The Balaban J connectivity index is 1.98. The Bertz CT molecular complexity index is 1250. The van der Waals surface area contributed by atoms with Crippen molar-refractivity contribution in [3.05, 3.63) is 47.8 Å². The molecule has 0 saturated heterocycles. The van der Waals surface area contributed by atoms with E-state index < -0.39 is 23.7 Å². The zero-order chi connectivity index (χ0) is 24.2. The molecule has 2 atom stereocenters. The molecule has 10 heteroatoms. The number of amides is 1. The van der Waals surface area contributed by atoms with Gasteiger partial charge in [0.25, 0.3) is 5.91 Å². The van der Waals surface area contributed by atoms with Gasteiger partial charge in [0.1, 0.15) is 18.3 Å². The van der Waals surface area contributed by atoms with Crippen molar-refractivity contribution in [2.24, 2.45) is 0 Å². The van der Waals surface area contributed by atoms with E-state index in [2.05, 4.69) is 26.8 Å². The number of alkyl halides is 1. The number of aliphatic hydroxyl groups is 1. The molecule has 3 N–H and O–H groups in total. The number of nitrogens with one attached hydrogen (secondary N) is 2. The molecule has 0 saturated carbocycles. The van der Waals surface area contributed by atoms with Crippen molar-refractivity contribution in [3.63, 3.8) is 0 Å². The number of aromatic nitrogens is 3. The number of rotatable bonds is 8. The summed E-state index contributed by atoms with van der Waals surface area (Å²) in [5.41, 5.74) is 1.13. The lowest BCUT2D eigenvalue weighted by molar-refractivity contribution is -0.00177. The second kappa shape index (κ2) is 9.63. The number of pyridine rings is 1. The average molecular weight is 449 g/mol. The first-order chi connectivity index (χ1) is 15.7. The Morgan fingerprint density at radius 1 is 1.30 bits per heavy atom. The van der Waals surface area contributed by atoms with Crippen molar-refractivity contribution in [3.8, 4) is 23.5 Å². The number of hydrogen-bond acceptors (Lipinski definition) is 7. The lowest BCUT2D eigenvalue weighted by Gasteiger charge is -2.23. The van der Waals surface area contributed by atoms with Crippen LogP contribution in [0.3, 0.4) is 0 Å². The molecule has 3 aromatic heterocycles. The van der Waals surface area contributed by atoms with Crippen LogP contribution in [-0.2, 0) is 0 Å². The van der Waals surface area contributed by atoms with Crippen LogP contribution in [0, 0.1) is 22.7 Å². The first kappa shape index (κ1) is 23.6. The van der Waals surface area contributed by atoms with E-state index in [0.29, 0.717) is 34.6 Å². The minimum absolute atomic E-state index is 0.135. The van der Waals surface area contributed by atoms with Crippen molar-refractivity contribution in [1.29, 1.82) is 10.5 Å². The highest BCUT2D eigenvalue weighted by Crippen LogP contribution is 2.26. The Kier molecular flexibility index (Phi) is 6.90. The van der Waals surface area contributed by atoms with Crippen LogP contribution >= 0.6 is 0 Å². The number of carbonyl (C=O) groups excluding carboxylic acids is 1. The third kappa shape index (κ3) is 5.25. The van der Waals surface area contributed by atoms with E-state index in [1.54, 1.807) is 28.8 Å². The molecule has 33 heavy (non-hydrogen) atoms. The number of hydrogen-bond donors (Lipinski definition) is 3. The number of carbonyl (C=O) groups is 1. The quantitative estimate of drug-likeness (QED) is 0.480. The molecule has 2 unspecified atom stereocenters. The maximum Gasteiger partial charge on any atom is 0.255 e. The van der Waals surface area contributed by atoms with Gasteiger partial charge in [-0.3, -0.25) is 9.78 Å². The van der Waals surface area contributed by atoms with Gasteiger partial charge in [0, 0.05) is 6.20 Å². The zero-order valence-corrected chi connectivity index (χ0v) is 18.5. The van der Waals surface area contributed by atoms with Crippen LogP contribution in [0.5, 0.6) is 0 Å². The van der Waals surface area contributed by atoms with Crippen LogP contribution in [0.1, 0.15) is 43.1 Å². The van der Waals surface area contributed by atoms with Gasteiger partial charge in [0.2, 0.25) is 0 Å². The normalized spacial score (nSPS) is 13.1. The fourth-order valence-corrected chi connectivity index (χ4v) is 3.09. The molecule has 0 aliphatic rings. The predicted molar refractivity (Wildman–Crippen MR) is 120 cm³/mol. The van der Waals surface area contributed by atoms with Crippen LogP contribution in [0.4, 0.5) is 10.1 Å². The lowest BCUT2D eigenvalue weighted by Crippen LogP contribution is -2.42. The summed E-state index contributed by atoms with van der Waals surface area (Å²) in [5.74, 6) is -0.590. The molecule has 0 aliphatic heterocycles. The minimum Gasteiger partial charge on any atom is -0.387 e. The molecule has 3 rings (SSSR count). The molecule has 3 heterocycles. The third-order valence-electron chi connectivity index (χ3n) is 5.14. The summed E-state index contributed by atoms with van der Waals surface area (Å²) in [7, 11) is 0. The van der Waals surface area contributed by atoms with E-state index in [4.69, 9.17) is 5.26 Å². The third-order valence-corrected chi connectivity index (χ3v) is 5.14. The van der Waals surface area contributed by atoms with Gasteiger partial charge >= 0.3 is 0 Å². The Hall–Kier alpha value is -4.02. The maximum absolute atomic E-state index is 14.1. The highest BCUT2D eigenvalue weighted by atomic mass is 19.1. The summed E-state index contributed by atoms with van der Waals surface area (Å²) in [6, 6.07) is 10.5. The molecule has 0 spiro atoms. The van der Waals surface area contributed by atoms with Crippen LogP contribution in [0.25, 0.3) is 16.9 Å². The number of anilines is 1. The van der Waals surface area contributed by atoms with E-state index in [-0.39, 0.29) is 12.1 Å². The molecule has 0 fully saturated rings. The first-order valence-corrected chi connectivity index (χ1v) is 10.4. The molecule has 170 valence electrons. The molecule has 0 aromatic carbocycles. The fraction of sp³-hybridized carbons (Fsp3) is 0.348. The summed E-state index contributed by atoms with van der Waals surface area (Å²) >= 11 is 0. The van der Waals surface area contributed by atoms with Crippen LogP contribution < -0.4 is 10.6 Å². The van der Waals surface area contributed by atoms with E-state index >= 15 is 0 Å². The van der Waals surface area contributed by atoms with E-state index in [1.807, 2.05) is 13.0 Å². The second-order valence-corrected chi connectivity index (χ2v) is 8.09. The van der Waals surface area contributed by atoms with Crippen molar-refractivity contribution in [2.45, 2.75) is 45.0 Å². The smallest absolute Gasteiger partial charge is 0.255 e. The van der Waals surface area contributed by atoms with Crippen molar-refractivity contribution >= 4 is 17.1 Å². The largest absolute Gasteiger partial charge is 0.387 e. The van der Waals surface area contributed by atoms with E-state index in [1.165, 1.54) is 26.2 Å². The van der Waals surface area contributed by atoms with Gasteiger partial charge in [-0.05, 0) is 44.5 Å². The summed E-state index contributed by atoms with van der Waals surface area (Å²) in [5, 5.41) is 38.0. The molecule has 0 bridgehead atoms. The van der Waals surface area contributed by atoms with Crippen LogP contribution in [0.2, 0.25) is 0 Å².